The fraction of sp³-hybridized carbons (Fsp3) is 0.188. The highest BCUT2D eigenvalue weighted by Crippen LogP contribution is 2.09. The van der Waals surface area contributed by atoms with Crippen LogP contribution in [-0.4, -0.2) is 17.6 Å². The first-order valence-electron chi connectivity index (χ1n) is 6.43. The molecule has 2 rings (SSSR count). The van der Waals surface area contributed by atoms with E-state index in [4.69, 9.17) is 5.11 Å². The summed E-state index contributed by atoms with van der Waals surface area (Å²) in [5.41, 5.74) is 2.00. The third kappa shape index (κ3) is 3.90. The first-order chi connectivity index (χ1) is 9.66. The van der Waals surface area contributed by atoms with Gasteiger partial charge in [0.1, 0.15) is 5.82 Å². The smallest absolute Gasteiger partial charge is 0.335 e. The fourth-order valence-electron chi connectivity index (χ4n) is 2.05. The highest BCUT2D eigenvalue weighted by molar-refractivity contribution is 5.89. The molecule has 0 saturated heterocycles. The van der Waals surface area contributed by atoms with Crippen molar-refractivity contribution in [3.8, 4) is 0 Å². The first kappa shape index (κ1) is 14.2. The molecule has 0 unspecified atom stereocenters. The second kappa shape index (κ2) is 6.82. The molecule has 0 amide bonds. The third-order valence-corrected chi connectivity index (χ3v) is 3.04. The summed E-state index contributed by atoms with van der Waals surface area (Å²) in [4.78, 5) is 11.1. The van der Waals surface area contributed by atoms with Gasteiger partial charge in [0.2, 0.25) is 0 Å². The molecule has 4 heteroatoms. The van der Waals surface area contributed by atoms with Crippen LogP contribution in [0.15, 0.2) is 48.5 Å². The second-order valence-electron chi connectivity index (χ2n) is 4.52. The third-order valence-electron chi connectivity index (χ3n) is 3.04. The van der Waals surface area contributed by atoms with Crippen LogP contribution >= 0.6 is 0 Å². The van der Waals surface area contributed by atoms with E-state index < -0.39 is 5.97 Å². The van der Waals surface area contributed by atoms with E-state index in [1.165, 1.54) is 12.1 Å². The highest BCUT2D eigenvalue weighted by Gasteiger charge is 2.07. The lowest BCUT2D eigenvalue weighted by Gasteiger charge is -2.07. The number of carboxylic acid groups (broad SMARTS) is 1. The number of rotatable bonds is 6. The predicted octanol–water partition coefficient (Wildman–Crippen LogP) is 2.86. The van der Waals surface area contributed by atoms with Crippen molar-refractivity contribution in [1.82, 2.24) is 5.32 Å². The van der Waals surface area contributed by atoms with Crippen molar-refractivity contribution in [3.63, 3.8) is 0 Å². The van der Waals surface area contributed by atoms with Gasteiger partial charge in [-0.25, -0.2) is 9.18 Å². The van der Waals surface area contributed by atoms with Crippen molar-refractivity contribution < 1.29 is 14.3 Å². The van der Waals surface area contributed by atoms with Crippen LogP contribution in [0.1, 0.15) is 21.5 Å². The van der Waals surface area contributed by atoms with E-state index in [0.717, 1.165) is 11.1 Å². The summed E-state index contributed by atoms with van der Waals surface area (Å²) in [7, 11) is 0. The first-order valence-corrected chi connectivity index (χ1v) is 6.43. The molecule has 0 radical (unpaired) electrons. The highest BCUT2D eigenvalue weighted by atomic mass is 19.1. The van der Waals surface area contributed by atoms with E-state index in [1.807, 2.05) is 18.2 Å². The van der Waals surface area contributed by atoms with E-state index in [-0.39, 0.29) is 5.82 Å². The van der Waals surface area contributed by atoms with Crippen LogP contribution in [0, 0.1) is 5.82 Å². The molecule has 0 bridgehead atoms. The van der Waals surface area contributed by atoms with Gasteiger partial charge in [-0.1, -0.05) is 30.3 Å². The molecule has 0 aromatic heterocycles. The van der Waals surface area contributed by atoms with Gasteiger partial charge in [0.25, 0.3) is 0 Å². The lowest BCUT2D eigenvalue weighted by molar-refractivity contribution is 0.0695. The normalized spacial score (nSPS) is 10.4. The Balaban J connectivity index is 1.86. The average molecular weight is 273 g/mol. The quantitative estimate of drug-likeness (QED) is 0.796. The molecule has 2 aromatic rings. The Morgan fingerprint density at radius 1 is 1.15 bits per heavy atom. The monoisotopic (exact) mass is 273 g/mol. The van der Waals surface area contributed by atoms with Crippen LogP contribution in [0.5, 0.6) is 0 Å². The van der Waals surface area contributed by atoms with Gasteiger partial charge < -0.3 is 10.4 Å². The van der Waals surface area contributed by atoms with Crippen molar-refractivity contribution in [2.75, 3.05) is 6.54 Å². The molecule has 0 aliphatic rings. The van der Waals surface area contributed by atoms with Gasteiger partial charge in [-0.3, -0.25) is 0 Å². The molecule has 2 aromatic carbocycles. The zero-order valence-electron chi connectivity index (χ0n) is 11.0. The van der Waals surface area contributed by atoms with Crippen LogP contribution in [-0.2, 0) is 13.0 Å². The van der Waals surface area contributed by atoms with E-state index in [0.29, 0.717) is 25.1 Å². The summed E-state index contributed by atoms with van der Waals surface area (Å²) in [5.74, 6) is -1.16. The molecule has 0 fully saturated rings. The lowest BCUT2D eigenvalue weighted by Crippen LogP contribution is -2.18. The fourth-order valence-corrected chi connectivity index (χ4v) is 2.05. The molecule has 0 heterocycles. The summed E-state index contributed by atoms with van der Waals surface area (Å²) in [6.07, 6.45) is 0.623. The van der Waals surface area contributed by atoms with Gasteiger partial charge in [-0.15, -0.1) is 0 Å². The minimum atomic E-state index is -0.911. The molecular formula is C16H16FNO2. The minimum absolute atomic E-state index is 0.250. The zero-order chi connectivity index (χ0) is 14.4. The molecule has 104 valence electrons. The van der Waals surface area contributed by atoms with Crippen LogP contribution in [0.3, 0.4) is 0 Å². The Morgan fingerprint density at radius 3 is 2.70 bits per heavy atom. The molecule has 0 aliphatic carbocycles. The summed E-state index contributed by atoms with van der Waals surface area (Å²) < 4.78 is 13.0. The summed E-state index contributed by atoms with van der Waals surface area (Å²) in [6, 6.07) is 13.4. The van der Waals surface area contributed by atoms with Gasteiger partial charge >= 0.3 is 5.97 Å². The van der Waals surface area contributed by atoms with Crippen LogP contribution in [0.25, 0.3) is 0 Å². The zero-order valence-corrected chi connectivity index (χ0v) is 11.0. The maximum absolute atomic E-state index is 13.0. The van der Waals surface area contributed by atoms with Gasteiger partial charge in [0.05, 0.1) is 5.56 Å². The summed E-state index contributed by atoms with van der Waals surface area (Å²) >= 11 is 0. The average Bonchev–Trinajstić information content (AvgIpc) is 2.44. The molecule has 0 atom stereocenters. The number of nitrogens with one attached hydrogen (secondary N) is 1. The van der Waals surface area contributed by atoms with Crippen molar-refractivity contribution in [1.29, 1.82) is 0 Å². The summed E-state index contributed by atoms with van der Waals surface area (Å²) in [5, 5.41) is 12.3. The standard InChI is InChI=1S/C16H16FNO2/c17-14-6-3-4-12(10-14)11-18-9-8-13-5-1-2-7-15(13)16(19)20/h1-7,10,18H,8-9,11H2,(H,19,20). The van der Waals surface area contributed by atoms with Gasteiger partial charge in [-0.05, 0) is 42.3 Å². The Bertz CT molecular complexity index is 599. The van der Waals surface area contributed by atoms with Crippen molar-refractivity contribution >= 4 is 5.97 Å². The molecule has 3 nitrogen and oxygen atoms in total. The van der Waals surface area contributed by atoms with E-state index in [2.05, 4.69) is 5.32 Å². The molecule has 0 saturated carbocycles. The Hall–Kier alpha value is -2.20. The van der Waals surface area contributed by atoms with Crippen molar-refractivity contribution in [3.05, 3.63) is 71.0 Å². The number of hydrogen-bond acceptors (Lipinski definition) is 2. The maximum Gasteiger partial charge on any atom is 0.335 e. The second-order valence-corrected chi connectivity index (χ2v) is 4.52. The van der Waals surface area contributed by atoms with Crippen molar-refractivity contribution in [2.45, 2.75) is 13.0 Å². The van der Waals surface area contributed by atoms with Crippen LogP contribution < -0.4 is 5.32 Å². The number of carbonyl (C=O) groups is 1. The van der Waals surface area contributed by atoms with Gasteiger partial charge in [-0.2, -0.15) is 0 Å². The van der Waals surface area contributed by atoms with Gasteiger partial charge in [0, 0.05) is 6.54 Å². The van der Waals surface area contributed by atoms with E-state index >= 15 is 0 Å². The maximum atomic E-state index is 13.0. The predicted molar refractivity (Wildman–Crippen MR) is 75.2 cm³/mol. The van der Waals surface area contributed by atoms with Crippen LogP contribution in [0.2, 0.25) is 0 Å². The Labute approximate surface area is 117 Å². The van der Waals surface area contributed by atoms with Crippen molar-refractivity contribution in [2.24, 2.45) is 0 Å². The number of hydrogen-bond donors (Lipinski definition) is 2. The molecular weight excluding hydrogens is 257 g/mol. The summed E-state index contributed by atoms with van der Waals surface area (Å²) in [6.45, 7) is 1.20. The topological polar surface area (TPSA) is 49.3 Å². The Kier molecular flexibility index (Phi) is 4.85. The van der Waals surface area contributed by atoms with E-state index in [1.54, 1.807) is 18.2 Å². The molecule has 20 heavy (non-hydrogen) atoms. The van der Waals surface area contributed by atoms with E-state index in [9.17, 15) is 9.18 Å². The molecule has 2 N–H and O–H groups in total. The number of benzene rings is 2. The van der Waals surface area contributed by atoms with Gasteiger partial charge in [0.15, 0.2) is 0 Å². The van der Waals surface area contributed by atoms with Crippen LogP contribution in [0.4, 0.5) is 4.39 Å². The molecule has 0 spiro atoms. The lowest BCUT2D eigenvalue weighted by atomic mass is 10.0. The SMILES string of the molecule is O=C(O)c1ccccc1CCNCc1cccc(F)c1. The minimum Gasteiger partial charge on any atom is -0.478 e. The number of halogens is 1. The number of carboxylic acids is 1. The largest absolute Gasteiger partial charge is 0.478 e. The Morgan fingerprint density at radius 2 is 1.95 bits per heavy atom. The number of aromatic carboxylic acids is 1. The molecule has 0 aliphatic heterocycles.